The van der Waals surface area contributed by atoms with Crippen LogP contribution in [0.2, 0.25) is 0 Å². The molecule has 1 aromatic heterocycles. The standard InChI is InChI=1S/C23H23N3O4/c1-5-30-23(28)22(27)16-9-10-18-20(11-16)26(25-21(18)15(3)29-4)13-19-14(2)7-6-8-17(19)12-24/h6-11,15H,5,13H2,1-4H3. The lowest BCUT2D eigenvalue weighted by Crippen LogP contribution is -2.17. The lowest BCUT2D eigenvalue weighted by molar-refractivity contribution is -0.137. The first kappa shape index (κ1) is 21.2. The second-order valence-electron chi connectivity index (χ2n) is 6.92. The number of hydrogen-bond donors (Lipinski definition) is 0. The number of esters is 1. The Bertz CT molecular complexity index is 1160. The molecule has 1 atom stereocenters. The van der Waals surface area contributed by atoms with Gasteiger partial charge in [0.2, 0.25) is 0 Å². The minimum atomic E-state index is -0.890. The van der Waals surface area contributed by atoms with Gasteiger partial charge in [-0.1, -0.05) is 18.2 Å². The maximum Gasteiger partial charge on any atom is 0.379 e. The number of aryl methyl sites for hydroxylation is 1. The number of carbonyl (C=O) groups is 2. The number of ether oxygens (including phenoxy) is 2. The summed E-state index contributed by atoms with van der Waals surface area (Å²) >= 11 is 0. The summed E-state index contributed by atoms with van der Waals surface area (Å²) in [5.41, 5.74) is 4.01. The first-order valence-corrected chi connectivity index (χ1v) is 9.64. The zero-order valence-corrected chi connectivity index (χ0v) is 17.4. The van der Waals surface area contributed by atoms with Gasteiger partial charge in [-0.25, -0.2) is 4.79 Å². The number of Topliss-reactive ketones (excluding diaryl/α,β-unsaturated/α-hetero) is 1. The van der Waals surface area contributed by atoms with E-state index in [1.54, 1.807) is 43.0 Å². The smallest absolute Gasteiger partial charge is 0.379 e. The van der Waals surface area contributed by atoms with Gasteiger partial charge in [-0.05, 0) is 50.1 Å². The van der Waals surface area contributed by atoms with Crippen molar-refractivity contribution in [3.8, 4) is 6.07 Å². The summed E-state index contributed by atoms with van der Waals surface area (Å²) in [5.74, 6) is -1.60. The highest BCUT2D eigenvalue weighted by atomic mass is 16.5. The van der Waals surface area contributed by atoms with E-state index in [1.807, 2.05) is 26.0 Å². The van der Waals surface area contributed by atoms with Gasteiger partial charge in [-0.3, -0.25) is 9.48 Å². The number of carbonyl (C=O) groups excluding carboxylic acids is 2. The number of nitriles is 1. The van der Waals surface area contributed by atoms with E-state index in [0.29, 0.717) is 17.6 Å². The van der Waals surface area contributed by atoms with Crippen molar-refractivity contribution in [2.75, 3.05) is 13.7 Å². The molecule has 0 N–H and O–H groups in total. The molecule has 0 aliphatic carbocycles. The van der Waals surface area contributed by atoms with Crippen LogP contribution in [0.3, 0.4) is 0 Å². The maximum atomic E-state index is 12.4. The van der Waals surface area contributed by atoms with Crippen LogP contribution in [0.15, 0.2) is 36.4 Å². The van der Waals surface area contributed by atoms with Crippen LogP contribution in [-0.4, -0.2) is 35.2 Å². The normalized spacial score (nSPS) is 11.8. The summed E-state index contributed by atoms with van der Waals surface area (Å²) in [6.07, 6.45) is -0.271. The number of rotatable bonds is 7. The minimum absolute atomic E-state index is 0.129. The van der Waals surface area contributed by atoms with E-state index in [1.165, 1.54) is 0 Å². The van der Waals surface area contributed by atoms with E-state index in [4.69, 9.17) is 14.6 Å². The largest absolute Gasteiger partial charge is 0.460 e. The highest BCUT2D eigenvalue weighted by Gasteiger charge is 2.22. The highest BCUT2D eigenvalue weighted by Crippen LogP contribution is 2.28. The summed E-state index contributed by atoms with van der Waals surface area (Å²) in [6.45, 7) is 5.95. The van der Waals surface area contributed by atoms with Crippen molar-refractivity contribution >= 4 is 22.7 Å². The van der Waals surface area contributed by atoms with Crippen molar-refractivity contribution in [3.05, 3.63) is 64.3 Å². The number of methoxy groups -OCH3 is 1. The summed E-state index contributed by atoms with van der Waals surface area (Å²) in [7, 11) is 1.60. The van der Waals surface area contributed by atoms with Gasteiger partial charge in [0.1, 0.15) is 0 Å². The number of aromatic nitrogens is 2. The lowest BCUT2D eigenvalue weighted by Gasteiger charge is -2.10. The molecule has 1 heterocycles. The first-order chi connectivity index (χ1) is 14.4. The zero-order chi connectivity index (χ0) is 21.8. The van der Waals surface area contributed by atoms with E-state index in [-0.39, 0.29) is 18.3 Å². The third-order valence-electron chi connectivity index (χ3n) is 5.08. The summed E-state index contributed by atoms with van der Waals surface area (Å²) in [4.78, 5) is 24.3. The van der Waals surface area contributed by atoms with E-state index < -0.39 is 11.8 Å². The summed E-state index contributed by atoms with van der Waals surface area (Å²) in [6, 6.07) is 12.8. The molecule has 0 bridgehead atoms. The molecule has 0 aliphatic heterocycles. The molecule has 30 heavy (non-hydrogen) atoms. The topological polar surface area (TPSA) is 94.2 Å². The molecular formula is C23H23N3O4. The zero-order valence-electron chi connectivity index (χ0n) is 17.4. The van der Waals surface area contributed by atoms with Crippen LogP contribution in [0, 0.1) is 18.3 Å². The molecule has 0 aliphatic rings. The Hall–Kier alpha value is -3.50. The van der Waals surface area contributed by atoms with Crippen LogP contribution in [0.5, 0.6) is 0 Å². The van der Waals surface area contributed by atoms with Gasteiger partial charge in [-0.15, -0.1) is 0 Å². The molecule has 3 aromatic rings. The summed E-state index contributed by atoms with van der Waals surface area (Å²) in [5, 5.41) is 15.0. The molecule has 7 nitrogen and oxygen atoms in total. The second kappa shape index (κ2) is 8.89. The van der Waals surface area contributed by atoms with E-state index in [2.05, 4.69) is 6.07 Å². The molecule has 0 saturated heterocycles. The van der Waals surface area contributed by atoms with Crippen LogP contribution >= 0.6 is 0 Å². The SMILES string of the molecule is CCOC(=O)C(=O)c1ccc2c(C(C)OC)nn(Cc3c(C)cccc3C#N)c2c1. The Morgan fingerprint density at radius 2 is 2.03 bits per heavy atom. The average molecular weight is 405 g/mol. The lowest BCUT2D eigenvalue weighted by atomic mass is 10.0. The molecule has 0 spiro atoms. The van der Waals surface area contributed by atoms with Crippen molar-refractivity contribution in [2.45, 2.75) is 33.4 Å². The van der Waals surface area contributed by atoms with Crippen molar-refractivity contribution in [1.29, 1.82) is 5.26 Å². The average Bonchev–Trinajstić information content (AvgIpc) is 3.11. The van der Waals surface area contributed by atoms with Crippen molar-refractivity contribution in [2.24, 2.45) is 0 Å². The van der Waals surface area contributed by atoms with Gasteiger partial charge in [0.15, 0.2) is 0 Å². The fraction of sp³-hybridized carbons (Fsp3) is 0.304. The molecule has 154 valence electrons. The number of hydrogen-bond acceptors (Lipinski definition) is 6. The number of nitrogens with zero attached hydrogens (tertiary/aromatic N) is 3. The van der Waals surface area contributed by atoms with Crippen LogP contribution in [0.4, 0.5) is 0 Å². The number of ketones is 1. The van der Waals surface area contributed by atoms with E-state index >= 15 is 0 Å². The Kier molecular flexibility index (Phi) is 6.28. The van der Waals surface area contributed by atoms with Crippen LogP contribution in [0.25, 0.3) is 10.9 Å². The van der Waals surface area contributed by atoms with Crippen molar-refractivity contribution in [3.63, 3.8) is 0 Å². The van der Waals surface area contributed by atoms with Gasteiger partial charge < -0.3 is 9.47 Å². The highest BCUT2D eigenvalue weighted by molar-refractivity contribution is 6.40. The van der Waals surface area contributed by atoms with Crippen LogP contribution in [-0.2, 0) is 20.8 Å². The Morgan fingerprint density at radius 1 is 1.27 bits per heavy atom. The number of fused-ring (bicyclic) bond motifs is 1. The number of benzene rings is 2. The Balaban J connectivity index is 2.15. The van der Waals surface area contributed by atoms with Crippen molar-refractivity contribution in [1.82, 2.24) is 9.78 Å². The van der Waals surface area contributed by atoms with Gasteiger partial charge in [0.05, 0.1) is 42.1 Å². The Morgan fingerprint density at radius 3 is 2.70 bits per heavy atom. The predicted octanol–water partition coefficient (Wildman–Crippen LogP) is 3.72. The quantitative estimate of drug-likeness (QED) is 0.338. The van der Waals surface area contributed by atoms with E-state index in [0.717, 1.165) is 22.2 Å². The summed E-state index contributed by atoms with van der Waals surface area (Å²) < 4.78 is 12.0. The Labute approximate surface area is 174 Å². The van der Waals surface area contributed by atoms with Gasteiger partial charge in [-0.2, -0.15) is 10.4 Å². The third kappa shape index (κ3) is 3.95. The molecule has 0 amide bonds. The van der Waals surface area contributed by atoms with Gasteiger partial charge in [0.25, 0.3) is 5.78 Å². The van der Waals surface area contributed by atoms with Gasteiger partial charge >= 0.3 is 5.97 Å². The molecular weight excluding hydrogens is 382 g/mol. The first-order valence-electron chi connectivity index (χ1n) is 9.64. The van der Waals surface area contributed by atoms with Gasteiger partial charge in [0, 0.05) is 18.1 Å². The molecule has 7 heteroatoms. The molecule has 0 saturated carbocycles. The fourth-order valence-electron chi connectivity index (χ4n) is 3.35. The fourth-order valence-corrected chi connectivity index (χ4v) is 3.35. The molecule has 3 rings (SSSR count). The van der Waals surface area contributed by atoms with Crippen molar-refractivity contribution < 1.29 is 19.1 Å². The molecule has 1 unspecified atom stereocenters. The maximum absolute atomic E-state index is 12.4. The predicted molar refractivity (Wildman–Crippen MR) is 111 cm³/mol. The minimum Gasteiger partial charge on any atom is -0.460 e. The second-order valence-corrected chi connectivity index (χ2v) is 6.92. The van der Waals surface area contributed by atoms with Crippen LogP contribution < -0.4 is 0 Å². The molecule has 2 aromatic carbocycles. The van der Waals surface area contributed by atoms with E-state index in [9.17, 15) is 14.9 Å². The molecule has 0 fully saturated rings. The third-order valence-corrected chi connectivity index (χ3v) is 5.08. The van der Waals surface area contributed by atoms with Crippen LogP contribution in [0.1, 0.15) is 52.7 Å². The monoisotopic (exact) mass is 405 g/mol. The molecule has 0 radical (unpaired) electrons.